The van der Waals surface area contributed by atoms with Crippen LogP contribution in [0, 0.1) is 6.92 Å². The molecular weight excluding hydrogens is 396 g/mol. The average molecular weight is 417 g/mol. The molecule has 0 saturated heterocycles. The van der Waals surface area contributed by atoms with E-state index >= 15 is 0 Å². The van der Waals surface area contributed by atoms with Gasteiger partial charge in [-0.15, -0.1) is 10.2 Å². The predicted molar refractivity (Wildman–Crippen MR) is 119 cm³/mol. The molecule has 4 rings (SSSR count). The molecule has 150 valence electrons. The molecule has 3 aromatic carbocycles. The highest BCUT2D eigenvalue weighted by molar-refractivity contribution is 7.99. The summed E-state index contributed by atoms with van der Waals surface area (Å²) in [5, 5.41) is 22.4. The maximum absolute atomic E-state index is 12.4. The Morgan fingerprint density at radius 3 is 2.53 bits per heavy atom. The van der Waals surface area contributed by atoms with Gasteiger partial charge >= 0.3 is 0 Å². The normalized spacial score (nSPS) is 10.7. The lowest BCUT2D eigenvalue weighted by Crippen LogP contribution is -2.14. The van der Waals surface area contributed by atoms with Crippen LogP contribution in [0.25, 0.3) is 17.1 Å². The van der Waals surface area contributed by atoms with Gasteiger partial charge in [-0.3, -0.25) is 9.36 Å². The maximum atomic E-state index is 12.4. The number of aromatic hydroxyl groups is 1. The van der Waals surface area contributed by atoms with Crippen LogP contribution in [0.4, 0.5) is 5.69 Å². The quantitative estimate of drug-likeness (QED) is 0.446. The fraction of sp³-hybridized carbons (Fsp3) is 0.0870. The number of thioether (sulfide) groups is 1. The van der Waals surface area contributed by atoms with Crippen LogP contribution in [-0.2, 0) is 4.79 Å². The van der Waals surface area contributed by atoms with E-state index in [4.69, 9.17) is 0 Å². The molecular formula is C23H20N4O2S. The Bertz CT molecular complexity index is 1170. The summed E-state index contributed by atoms with van der Waals surface area (Å²) in [5.41, 5.74) is 3.27. The van der Waals surface area contributed by atoms with Crippen molar-refractivity contribution in [2.45, 2.75) is 12.1 Å². The van der Waals surface area contributed by atoms with Crippen molar-refractivity contribution in [2.24, 2.45) is 0 Å². The summed E-state index contributed by atoms with van der Waals surface area (Å²) in [6, 6.07) is 24.3. The molecule has 0 radical (unpaired) electrons. The van der Waals surface area contributed by atoms with Gasteiger partial charge in [-0.25, -0.2) is 0 Å². The summed E-state index contributed by atoms with van der Waals surface area (Å²) in [6.45, 7) is 1.98. The lowest BCUT2D eigenvalue weighted by atomic mass is 10.2. The molecule has 30 heavy (non-hydrogen) atoms. The Labute approximate surface area is 178 Å². The molecule has 1 heterocycles. The van der Waals surface area contributed by atoms with Gasteiger partial charge in [-0.2, -0.15) is 0 Å². The average Bonchev–Trinajstić information content (AvgIpc) is 3.17. The minimum absolute atomic E-state index is 0.121. The summed E-state index contributed by atoms with van der Waals surface area (Å²) < 4.78 is 1.85. The van der Waals surface area contributed by atoms with Crippen molar-refractivity contribution in [1.82, 2.24) is 14.8 Å². The smallest absolute Gasteiger partial charge is 0.234 e. The number of rotatable bonds is 6. The molecule has 0 bridgehead atoms. The molecule has 1 aromatic heterocycles. The topological polar surface area (TPSA) is 80.0 Å². The first-order chi connectivity index (χ1) is 14.6. The van der Waals surface area contributed by atoms with E-state index in [9.17, 15) is 9.90 Å². The van der Waals surface area contributed by atoms with Crippen LogP contribution in [-0.4, -0.2) is 31.5 Å². The number of nitrogens with one attached hydrogen (secondary N) is 1. The number of aromatic nitrogens is 3. The monoisotopic (exact) mass is 416 g/mol. The van der Waals surface area contributed by atoms with Crippen LogP contribution >= 0.6 is 11.8 Å². The molecule has 0 saturated carbocycles. The molecule has 0 aliphatic rings. The molecule has 0 unspecified atom stereocenters. The molecule has 0 fully saturated rings. The number of para-hydroxylation sites is 2. The Kier molecular flexibility index (Phi) is 5.81. The lowest BCUT2D eigenvalue weighted by Gasteiger charge is -2.11. The van der Waals surface area contributed by atoms with E-state index in [0.717, 1.165) is 16.9 Å². The van der Waals surface area contributed by atoms with Gasteiger partial charge in [0, 0.05) is 11.4 Å². The minimum atomic E-state index is -0.127. The van der Waals surface area contributed by atoms with Gasteiger partial charge in [0.15, 0.2) is 11.0 Å². The largest absolute Gasteiger partial charge is 0.507 e. The number of phenols is 1. The zero-order valence-corrected chi connectivity index (χ0v) is 17.1. The number of phenolic OH excluding ortho intramolecular Hbond substituents is 1. The number of aryl methyl sites for hydroxylation is 1. The third kappa shape index (κ3) is 4.36. The molecule has 7 heteroatoms. The van der Waals surface area contributed by atoms with E-state index in [-0.39, 0.29) is 17.4 Å². The van der Waals surface area contributed by atoms with Gasteiger partial charge < -0.3 is 10.4 Å². The first-order valence-corrected chi connectivity index (χ1v) is 10.4. The van der Waals surface area contributed by atoms with Gasteiger partial charge in [0.05, 0.1) is 11.3 Å². The van der Waals surface area contributed by atoms with Crippen molar-refractivity contribution >= 4 is 23.4 Å². The molecule has 0 atom stereocenters. The fourth-order valence-corrected chi connectivity index (χ4v) is 3.81. The number of carbonyl (C=O) groups is 1. The Hall–Kier alpha value is -3.58. The lowest BCUT2D eigenvalue weighted by molar-refractivity contribution is -0.113. The fourth-order valence-electron chi connectivity index (χ4n) is 3.06. The maximum Gasteiger partial charge on any atom is 0.234 e. The molecule has 2 N–H and O–H groups in total. The molecule has 0 aliphatic heterocycles. The van der Waals surface area contributed by atoms with Crippen LogP contribution < -0.4 is 5.32 Å². The predicted octanol–water partition coefficient (Wildman–Crippen LogP) is 4.68. The summed E-state index contributed by atoms with van der Waals surface area (Å²) in [5.74, 6) is 0.689. The number of anilines is 1. The number of hydrogen-bond donors (Lipinski definition) is 2. The van der Waals surface area contributed by atoms with E-state index in [0.29, 0.717) is 16.5 Å². The number of amides is 1. The van der Waals surface area contributed by atoms with Crippen LogP contribution in [0.5, 0.6) is 5.75 Å². The first kappa shape index (κ1) is 19.7. The molecule has 6 nitrogen and oxygen atoms in total. The Morgan fingerprint density at radius 2 is 1.77 bits per heavy atom. The Morgan fingerprint density at radius 1 is 1.00 bits per heavy atom. The van der Waals surface area contributed by atoms with Crippen molar-refractivity contribution in [1.29, 1.82) is 0 Å². The third-order valence-corrected chi connectivity index (χ3v) is 5.36. The summed E-state index contributed by atoms with van der Waals surface area (Å²) in [6.07, 6.45) is 0. The van der Waals surface area contributed by atoms with Gasteiger partial charge in [-0.1, -0.05) is 54.2 Å². The highest BCUT2D eigenvalue weighted by Gasteiger charge is 2.19. The summed E-state index contributed by atoms with van der Waals surface area (Å²) in [7, 11) is 0. The van der Waals surface area contributed by atoms with Crippen molar-refractivity contribution in [2.75, 3.05) is 11.1 Å². The summed E-state index contributed by atoms with van der Waals surface area (Å²) in [4.78, 5) is 12.4. The van der Waals surface area contributed by atoms with E-state index in [1.165, 1.54) is 11.8 Å². The van der Waals surface area contributed by atoms with Gasteiger partial charge in [-0.05, 0) is 48.9 Å². The van der Waals surface area contributed by atoms with Crippen molar-refractivity contribution in [3.63, 3.8) is 0 Å². The second-order valence-corrected chi connectivity index (χ2v) is 7.64. The first-order valence-electron chi connectivity index (χ1n) is 9.40. The highest BCUT2D eigenvalue weighted by atomic mass is 32.2. The standard InChI is InChI=1S/C23H20N4O2S/c1-16-8-7-9-17(14-16)24-21(29)15-30-23-26-25-22(19-12-5-6-13-20(19)28)27(23)18-10-3-2-4-11-18/h2-14,28H,15H2,1H3,(H,24,29). The zero-order chi connectivity index (χ0) is 20.9. The number of nitrogens with zero attached hydrogens (tertiary/aromatic N) is 3. The second-order valence-electron chi connectivity index (χ2n) is 6.70. The van der Waals surface area contributed by atoms with Crippen LogP contribution in [0.1, 0.15) is 5.56 Å². The van der Waals surface area contributed by atoms with E-state index in [1.807, 2.05) is 72.2 Å². The number of carbonyl (C=O) groups excluding carboxylic acids is 1. The summed E-state index contributed by atoms with van der Waals surface area (Å²) >= 11 is 1.29. The SMILES string of the molecule is Cc1cccc(NC(=O)CSc2nnc(-c3ccccc3O)n2-c2ccccc2)c1. The highest BCUT2D eigenvalue weighted by Crippen LogP contribution is 2.32. The minimum Gasteiger partial charge on any atom is -0.507 e. The van der Waals surface area contributed by atoms with Crippen LogP contribution in [0.2, 0.25) is 0 Å². The van der Waals surface area contributed by atoms with Crippen molar-refractivity contribution in [3.8, 4) is 22.8 Å². The van der Waals surface area contributed by atoms with Gasteiger partial charge in [0.25, 0.3) is 0 Å². The van der Waals surface area contributed by atoms with Gasteiger partial charge in [0.1, 0.15) is 5.75 Å². The van der Waals surface area contributed by atoms with E-state index in [1.54, 1.807) is 18.2 Å². The molecule has 1 amide bonds. The third-order valence-electron chi connectivity index (χ3n) is 4.43. The number of hydrogen-bond acceptors (Lipinski definition) is 5. The number of benzene rings is 3. The molecule has 0 spiro atoms. The van der Waals surface area contributed by atoms with Crippen LogP contribution in [0.15, 0.2) is 84.0 Å². The molecule has 0 aliphatic carbocycles. The van der Waals surface area contributed by atoms with E-state index < -0.39 is 0 Å². The Balaban J connectivity index is 1.60. The molecule has 4 aromatic rings. The van der Waals surface area contributed by atoms with Crippen molar-refractivity contribution in [3.05, 3.63) is 84.4 Å². The van der Waals surface area contributed by atoms with Crippen LogP contribution in [0.3, 0.4) is 0 Å². The zero-order valence-electron chi connectivity index (χ0n) is 16.3. The van der Waals surface area contributed by atoms with E-state index in [2.05, 4.69) is 15.5 Å². The van der Waals surface area contributed by atoms with Gasteiger partial charge in [0.2, 0.25) is 5.91 Å². The second kappa shape index (κ2) is 8.84. The van der Waals surface area contributed by atoms with Crippen molar-refractivity contribution < 1.29 is 9.90 Å².